The molecule has 0 N–H and O–H groups in total. The molecule has 4 rings (SSSR count). The van der Waals surface area contributed by atoms with Crippen LogP contribution in [0.25, 0.3) is 22.8 Å². The van der Waals surface area contributed by atoms with E-state index in [0.717, 1.165) is 0 Å². The summed E-state index contributed by atoms with van der Waals surface area (Å²) in [5, 5.41) is 3.86. The van der Waals surface area contributed by atoms with Gasteiger partial charge in [0.25, 0.3) is 5.89 Å². The SMILES string of the molecule is CC(C)C(=O)c1ccc2c(c1)oc(=O)n2Cc1noc(-c2ccco2)n1. The van der Waals surface area contributed by atoms with Gasteiger partial charge in [-0.1, -0.05) is 19.0 Å². The lowest BCUT2D eigenvalue weighted by molar-refractivity contribution is 0.0939. The van der Waals surface area contributed by atoms with Crippen LogP contribution in [0, 0.1) is 5.92 Å². The molecule has 0 aliphatic carbocycles. The predicted molar refractivity (Wildman–Crippen MR) is 90.7 cm³/mol. The van der Waals surface area contributed by atoms with Crippen LogP contribution >= 0.6 is 0 Å². The maximum Gasteiger partial charge on any atom is 0.420 e. The number of Topliss-reactive ketones (excluding diaryl/α,β-unsaturated/α-hetero) is 1. The van der Waals surface area contributed by atoms with E-state index < -0.39 is 5.76 Å². The summed E-state index contributed by atoms with van der Waals surface area (Å²) >= 11 is 0. The van der Waals surface area contributed by atoms with Gasteiger partial charge >= 0.3 is 5.76 Å². The summed E-state index contributed by atoms with van der Waals surface area (Å²) in [6, 6.07) is 8.36. The third-order valence-electron chi connectivity index (χ3n) is 3.98. The second kappa shape index (κ2) is 6.14. The van der Waals surface area contributed by atoms with E-state index >= 15 is 0 Å². The second-order valence-corrected chi connectivity index (χ2v) is 6.15. The first kappa shape index (κ1) is 16.1. The summed E-state index contributed by atoms with van der Waals surface area (Å²) in [6.45, 7) is 3.72. The average Bonchev–Trinajstić information content (AvgIpc) is 3.35. The normalized spacial score (nSPS) is 11.5. The summed E-state index contributed by atoms with van der Waals surface area (Å²) in [4.78, 5) is 28.5. The van der Waals surface area contributed by atoms with Gasteiger partial charge in [-0.25, -0.2) is 4.79 Å². The van der Waals surface area contributed by atoms with Crippen molar-refractivity contribution in [3.8, 4) is 11.7 Å². The molecule has 26 heavy (non-hydrogen) atoms. The van der Waals surface area contributed by atoms with Crippen LogP contribution in [0.1, 0.15) is 30.0 Å². The molecular weight excluding hydrogens is 338 g/mol. The van der Waals surface area contributed by atoms with Crippen LogP contribution in [0.5, 0.6) is 0 Å². The summed E-state index contributed by atoms with van der Waals surface area (Å²) in [7, 11) is 0. The van der Waals surface area contributed by atoms with E-state index in [1.165, 1.54) is 10.8 Å². The van der Waals surface area contributed by atoms with Gasteiger partial charge in [0.05, 0.1) is 18.3 Å². The number of aromatic nitrogens is 3. The Morgan fingerprint density at radius 1 is 1.27 bits per heavy atom. The molecule has 0 aliphatic rings. The highest BCUT2D eigenvalue weighted by atomic mass is 16.5. The smallest absolute Gasteiger partial charge is 0.420 e. The van der Waals surface area contributed by atoms with Gasteiger partial charge in [-0.3, -0.25) is 9.36 Å². The molecule has 8 nitrogen and oxygen atoms in total. The fraction of sp³-hybridized carbons (Fsp3) is 0.222. The van der Waals surface area contributed by atoms with Crippen molar-refractivity contribution in [3.05, 3.63) is 58.5 Å². The lowest BCUT2D eigenvalue weighted by Gasteiger charge is -2.04. The number of nitrogens with zero attached hydrogens (tertiary/aromatic N) is 3. The molecule has 1 aromatic carbocycles. The van der Waals surface area contributed by atoms with Crippen molar-refractivity contribution >= 4 is 16.9 Å². The lowest BCUT2D eigenvalue weighted by atomic mass is 10.0. The van der Waals surface area contributed by atoms with Crippen molar-refractivity contribution in [3.63, 3.8) is 0 Å². The minimum absolute atomic E-state index is 0.0106. The number of benzene rings is 1. The Labute approximate surface area is 147 Å². The molecule has 0 saturated carbocycles. The second-order valence-electron chi connectivity index (χ2n) is 6.15. The molecule has 0 bridgehead atoms. The van der Waals surface area contributed by atoms with Gasteiger partial charge in [-0.05, 0) is 30.3 Å². The molecular formula is C18H15N3O5. The van der Waals surface area contributed by atoms with Crippen LogP contribution in [-0.4, -0.2) is 20.5 Å². The first-order valence-corrected chi connectivity index (χ1v) is 8.07. The number of fused-ring (bicyclic) bond motifs is 1. The van der Waals surface area contributed by atoms with Crippen molar-refractivity contribution < 1.29 is 18.2 Å². The van der Waals surface area contributed by atoms with Crippen LogP contribution in [0.2, 0.25) is 0 Å². The summed E-state index contributed by atoms with van der Waals surface area (Å²) in [6.07, 6.45) is 1.50. The van der Waals surface area contributed by atoms with E-state index in [9.17, 15) is 9.59 Å². The van der Waals surface area contributed by atoms with Crippen LogP contribution in [0.4, 0.5) is 0 Å². The zero-order valence-corrected chi connectivity index (χ0v) is 14.1. The van der Waals surface area contributed by atoms with Crippen molar-refractivity contribution in [1.82, 2.24) is 14.7 Å². The van der Waals surface area contributed by atoms with E-state index in [4.69, 9.17) is 13.4 Å². The van der Waals surface area contributed by atoms with E-state index in [-0.39, 0.29) is 24.1 Å². The quantitative estimate of drug-likeness (QED) is 0.508. The number of hydrogen-bond acceptors (Lipinski definition) is 7. The number of ketones is 1. The summed E-state index contributed by atoms with van der Waals surface area (Å²) < 4.78 is 17.0. The molecule has 0 aliphatic heterocycles. The fourth-order valence-corrected chi connectivity index (χ4v) is 2.66. The Balaban J connectivity index is 1.68. The molecule has 0 saturated heterocycles. The average molecular weight is 353 g/mol. The highest BCUT2D eigenvalue weighted by Crippen LogP contribution is 2.20. The highest BCUT2D eigenvalue weighted by Gasteiger charge is 2.17. The fourth-order valence-electron chi connectivity index (χ4n) is 2.66. The van der Waals surface area contributed by atoms with Crippen molar-refractivity contribution in [1.29, 1.82) is 0 Å². The highest BCUT2D eigenvalue weighted by molar-refractivity contribution is 5.99. The van der Waals surface area contributed by atoms with Gasteiger partial charge in [-0.2, -0.15) is 4.98 Å². The first-order valence-electron chi connectivity index (χ1n) is 8.07. The van der Waals surface area contributed by atoms with E-state index in [2.05, 4.69) is 10.1 Å². The van der Waals surface area contributed by atoms with Gasteiger partial charge in [0.2, 0.25) is 0 Å². The van der Waals surface area contributed by atoms with Gasteiger partial charge in [0.1, 0.15) is 0 Å². The molecule has 0 spiro atoms. The minimum Gasteiger partial charge on any atom is -0.459 e. The topological polar surface area (TPSA) is 104 Å². The Kier molecular flexibility index (Phi) is 3.80. The predicted octanol–water partition coefficient (Wildman–Crippen LogP) is 3.12. The maximum absolute atomic E-state index is 12.2. The van der Waals surface area contributed by atoms with E-state index in [0.29, 0.717) is 28.2 Å². The molecule has 3 aromatic heterocycles. The van der Waals surface area contributed by atoms with Crippen molar-refractivity contribution in [2.75, 3.05) is 0 Å². The van der Waals surface area contributed by atoms with Gasteiger partial charge in [0, 0.05) is 11.5 Å². The molecule has 4 aromatic rings. The Morgan fingerprint density at radius 3 is 2.85 bits per heavy atom. The molecule has 132 valence electrons. The van der Waals surface area contributed by atoms with Crippen LogP contribution in [0.15, 0.2) is 54.7 Å². The van der Waals surface area contributed by atoms with Crippen molar-refractivity contribution in [2.45, 2.75) is 20.4 Å². The number of oxazole rings is 1. The molecule has 0 radical (unpaired) electrons. The van der Waals surface area contributed by atoms with E-state index in [1.54, 1.807) is 30.3 Å². The Hall–Kier alpha value is -3.42. The van der Waals surface area contributed by atoms with Crippen molar-refractivity contribution in [2.24, 2.45) is 5.92 Å². The number of carbonyl (C=O) groups is 1. The zero-order chi connectivity index (χ0) is 18.3. The monoisotopic (exact) mass is 353 g/mol. The van der Waals surface area contributed by atoms with E-state index in [1.807, 2.05) is 13.8 Å². The Bertz CT molecular complexity index is 1130. The lowest BCUT2D eigenvalue weighted by Crippen LogP contribution is -2.15. The number of hydrogen-bond donors (Lipinski definition) is 0. The van der Waals surface area contributed by atoms with Gasteiger partial charge in [-0.15, -0.1) is 0 Å². The Morgan fingerprint density at radius 2 is 2.12 bits per heavy atom. The van der Waals surface area contributed by atoms with Gasteiger partial charge in [0.15, 0.2) is 23.0 Å². The first-order chi connectivity index (χ1) is 12.5. The molecule has 0 amide bonds. The molecule has 0 unspecified atom stereocenters. The number of furan rings is 1. The summed E-state index contributed by atoms with van der Waals surface area (Å²) in [5.41, 5.74) is 1.41. The van der Waals surface area contributed by atoms with Crippen LogP contribution in [-0.2, 0) is 6.54 Å². The molecule has 0 atom stereocenters. The standard InChI is InChI=1S/C18H15N3O5/c1-10(2)16(22)11-5-6-12-14(8-11)25-18(23)21(12)9-15-19-17(26-20-15)13-4-3-7-24-13/h3-8,10H,9H2,1-2H3. The number of carbonyl (C=O) groups excluding carboxylic acids is 1. The third kappa shape index (κ3) is 2.75. The minimum atomic E-state index is -0.557. The van der Waals surface area contributed by atoms with Crippen LogP contribution in [0.3, 0.4) is 0 Å². The largest absolute Gasteiger partial charge is 0.459 e. The summed E-state index contributed by atoms with van der Waals surface area (Å²) in [5.74, 6) is 0.284. The molecule has 0 fully saturated rings. The zero-order valence-electron chi connectivity index (χ0n) is 14.1. The van der Waals surface area contributed by atoms with Gasteiger partial charge < -0.3 is 13.4 Å². The number of rotatable bonds is 5. The maximum atomic E-state index is 12.2. The molecule has 8 heteroatoms. The molecule has 3 heterocycles. The third-order valence-corrected chi connectivity index (χ3v) is 3.98. The van der Waals surface area contributed by atoms with Crippen LogP contribution < -0.4 is 5.76 Å².